The van der Waals surface area contributed by atoms with Crippen LogP contribution >= 0.6 is 0 Å². The second kappa shape index (κ2) is 16.8. The number of anilines is 3. The molecular formula is C54H42N4O3Pt. The van der Waals surface area contributed by atoms with Crippen molar-refractivity contribution in [3.63, 3.8) is 0 Å². The number of amides is 1. The van der Waals surface area contributed by atoms with Crippen LogP contribution in [0, 0.1) is 12.1 Å². The molecule has 1 aliphatic heterocycles. The van der Waals surface area contributed by atoms with E-state index in [4.69, 9.17) is 14.6 Å². The molecule has 8 heteroatoms. The van der Waals surface area contributed by atoms with Crippen LogP contribution in [0.2, 0.25) is 0 Å². The molecule has 1 amide bonds. The van der Waals surface area contributed by atoms with Gasteiger partial charge in [0.05, 0.1) is 17.9 Å². The van der Waals surface area contributed by atoms with E-state index in [0.717, 1.165) is 55.6 Å². The molecule has 3 heterocycles. The number of hydroxylamine groups is 1. The largest absolute Gasteiger partial charge is 2.00 e. The van der Waals surface area contributed by atoms with Gasteiger partial charge >= 0.3 is 27.2 Å². The number of fused-ring (bicyclic) bond motifs is 4. The number of ether oxygens (including phenoxy) is 1. The van der Waals surface area contributed by atoms with Crippen molar-refractivity contribution < 1.29 is 35.4 Å². The van der Waals surface area contributed by atoms with Crippen molar-refractivity contribution in [2.75, 3.05) is 16.5 Å². The van der Waals surface area contributed by atoms with Gasteiger partial charge in [-0.15, -0.1) is 35.7 Å². The SMILES string of the molecule is CC(C)(C)c1ccnc(-n2c3[c-]c(Oc4[c-]c(N5C(=O)ON(CCc6c(-c7ccccc7)cccc6-c6ccccc6)c6ccccc65)ccc4)ccc3c3ccccc32)c1.[Pt+2]. The Hall–Kier alpha value is -6.95. The molecule has 306 valence electrons. The third-order valence-electron chi connectivity index (χ3n) is 11.3. The molecule has 2 aromatic heterocycles. The van der Waals surface area contributed by atoms with Gasteiger partial charge in [0, 0.05) is 23.2 Å². The van der Waals surface area contributed by atoms with Crippen molar-refractivity contribution in [3.8, 4) is 39.6 Å². The molecule has 0 bridgehead atoms. The summed E-state index contributed by atoms with van der Waals surface area (Å²) >= 11 is 0. The fourth-order valence-corrected chi connectivity index (χ4v) is 8.31. The number of hydrogen-bond donors (Lipinski definition) is 0. The normalized spacial score (nSPS) is 12.5. The summed E-state index contributed by atoms with van der Waals surface area (Å²) in [6.45, 7) is 7.05. The van der Waals surface area contributed by atoms with Gasteiger partial charge in [-0.05, 0) is 80.9 Å². The molecule has 7 nitrogen and oxygen atoms in total. The van der Waals surface area contributed by atoms with Crippen LogP contribution in [0.15, 0.2) is 176 Å². The molecule has 7 aromatic carbocycles. The molecule has 0 saturated carbocycles. The summed E-state index contributed by atoms with van der Waals surface area (Å²) in [5, 5.41) is 3.85. The minimum absolute atomic E-state index is 0. The second-order valence-electron chi connectivity index (χ2n) is 16.2. The van der Waals surface area contributed by atoms with Crippen LogP contribution in [0.5, 0.6) is 11.5 Å². The molecule has 9 aromatic rings. The maximum atomic E-state index is 14.1. The van der Waals surface area contributed by atoms with E-state index in [9.17, 15) is 4.79 Å². The van der Waals surface area contributed by atoms with E-state index in [0.29, 0.717) is 35.8 Å². The van der Waals surface area contributed by atoms with E-state index in [1.54, 1.807) is 9.96 Å². The summed E-state index contributed by atoms with van der Waals surface area (Å²) in [6, 6.07) is 64.0. The van der Waals surface area contributed by atoms with Crippen LogP contribution < -0.4 is 14.7 Å². The number of pyridine rings is 1. The first kappa shape index (κ1) is 40.5. The Morgan fingerprint density at radius 1 is 0.645 bits per heavy atom. The Morgan fingerprint density at radius 3 is 2.02 bits per heavy atom. The molecular weight excluding hydrogens is 948 g/mol. The Kier molecular flexibility index (Phi) is 11.0. The molecule has 0 spiro atoms. The third kappa shape index (κ3) is 7.65. The van der Waals surface area contributed by atoms with Gasteiger partial charge in [-0.1, -0.05) is 141 Å². The first-order valence-corrected chi connectivity index (χ1v) is 20.5. The molecule has 10 rings (SSSR count). The number of benzene rings is 7. The van der Waals surface area contributed by atoms with E-state index in [2.05, 4.69) is 135 Å². The summed E-state index contributed by atoms with van der Waals surface area (Å²) in [7, 11) is 0. The van der Waals surface area contributed by atoms with Gasteiger partial charge in [0.15, 0.2) is 0 Å². The van der Waals surface area contributed by atoms with E-state index >= 15 is 0 Å². The van der Waals surface area contributed by atoms with E-state index in [-0.39, 0.29) is 26.5 Å². The topological polar surface area (TPSA) is 59.8 Å². The van der Waals surface area contributed by atoms with Gasteiger partial charge in [-0.2, -0.15) is 12.1 Å². The molecule has 0 aliphatic carbocycles. The van der Waals surface area contributed by atoms with Crippen molar-refractivity contribution in [3.05, 3.63) is 199 Å². The minimum Gasteiger partial charge on any atom is -0.509 e. The molecule has 62 heavy (non-hydrogen) atoms. The Morgan fingerprint density at radius 2 is 1.29 bits per heavy atom. The molecule has 0 saturated heterocycles. The Bertz CT molecular complexity index is 3010. The van der Waals surface area contributed by atoms with Crippen molar-refractivity contribution in [2.24, 2.45) is 0 Å². The van der Waals surface area contributed by atoms with Gasteiger partial charge in [-0.25, -0.2) is 14.8 Å². The summed E-state index contributed by atoms with van der Waals surface area (Å²) in [4.78, 5) is 26.6. The number of hydrogen-bond acceptors (Lipinski definition) is 5. The van der Waals surface area contributed by atoms with Crippen LogP contribution in [0.3, 0.4) is 0 Å². The number of para-hydroxylation sites is 3. The fraction of sp³-hybridized carbons (Fsp3) is 0.111. The molecule has 0 radical (unpaired) electrons. The predicted octanol–water partition coefficient (Wildman–Crippen LogP) is 13.5. The predicted molar refractivity (Wildman–Crippen MR) is 245 cm³/mol. The molecule has 1 aliphatic rings. The first-order valence-electron chi connectivity index (χ1n) is 20.5. The van der Waals surface area contributed by atoms with Crippen molar-refractivity contribution >= 4 is 45.0 Å². The van der Waals surface area contributed by atoms with Crippen LogP contribution in [-0.2, 0) is 37.7 Å². The first-order chi connectivity index (χ1) is 29.8. The van der Waals surface area contributed by atoms with Crippen molar-refractivity contribution in [2.45, 2.75) is 32.6 Å². The molecule has 0 fully saturated rings. The van der Waals surface area contributed by atoms with Crippen molar-refractivity contribution in [1.29, 1.82) is 0 Å². The van der Waals surface area contributed by atoms with Crippen LogP contribution in [0.25, 0.3) is 49.9 Å². The third-order valence-corrected chi connectivity index (χ3v) is 11.3. The quantitative estimate of drug-likeness (QED) is 0.135. The molecule has 0 unspecified atom stereocenters. The van der Waals surface area contributed by atoms with Gasteiger partial charge in [0.2, 0.25) is 0 Å². The Balaban J connectivity index is 0.00000490. The minimum atomic E-state index is -0.533. The number of rotatable bonds is 9. The van der Waals surface area contributed by atoms with Gasteiger partial charge < -0.3 is 14.1 Å². The summed E-state index contributed by atoms with van der Waals surface area (Å²) < 4.78 is 8.62. The summed E-state index contributed by atoms with van der Waals surface area (Å²) in [6.07, 6.45) is 1.96. The average Bonchev–Trinajstić information content (AvgIpc) is 3.62. The second-order valence-corrected chi connectivity index (χ2v) is 16.2. The van der Waals surface area contributed by atoms with Crippen LogP contribution in [-0.4, -0.2) is 22.2 Å². The zero-order valence-electron chi connectivity index (χ0n) is 34.5. The van der Waals surface area contributed by atoms with E-state index < -0.39 is 6.09 Å². The van der Waals surface area contributed by atoms with Gasteiger partial charge in [-0.3, -0.25) is 4.90 Å². The average molecular weight is 990 g/mol. The van der Waals surface area contributed by atoms with Crippen LogP contribution in [0.4, 0.5) is 21.9 Å². The summed E-state index contributed by atoms with van der Waals surface area (Å²) in [5.74, 6) is 1.76. The number of aromatic nitrogens is 2. The smallest absolute Gasteiger partial charge is 0.509 e. The maximum Gasteiger partial charge on any atom is 2.00 e. The van der Waals surface area contributed by atoms with Crippen molar-refractivity contribution in [1.82, 2.24) is 9.55 Å². The molecule has 0 atom stereocenters. The van der Waals surface area contributed by atoms with Crippen LogP contribution in [0.1, 0.15) is 31.9 Å². The van der Waals surface area contributed by atoms with E-state index in [1.807, 2.05) is 79.0 Å². The van der Waals surface area contributed by atoms with Gasteiger partial charge in [0.25, 0.3) is 0 Å². The number of carbonyl (C=O) groups excluding carboxylic acids is 1. The maximum absolute atomic E-state index is 14.1. The monoisotopic (exact) mass is 989 g/mol. The number of carbonyl (C=O) groups is 1. The molecule has 0 N–H and O–H groups in total. The van der Waals surface area contributed by atoms with E-state index in [1.165, 1.54) is 11.1 Å². The number of nitrogens with zero attached hydrogens (tertiary/aromatic N) is 4. The van der Waals surface area contributed by atoms with Gasteiger partial charge in [0.1, 0.15) is 5.82 Å². The summed E-state index contributed by atoms with van der Waals surface area (Å²) in [5.41, 5.74) is 10.7. The standard InChI is InChI=1S/C54H42N4O3.Pt/c1-54(2,3)39-30-32-55-52(34-39)58-48-25-11-10-22-46(48)47-29-28-42(36-51(47)58)60-41-21-14-20-40(35-41)57-50-27-13-12-26-49(50)56(61-53(57)59)33-31-45-43(37-16-6-4-7-17-37)23-15-24-44(45)38-18-8-5-9-19-38;/h4-30,32,34H,31,33H2,1-3H3;/q-2;+2. The zero-order valence-corrected chi connectivity index (χ0v) is 36.8. The Labute approximate surface area is 376 Å². The fourth-order valence-electron chi connectivity index (χ4n) is 8.31. The zero-order chi connectivity index (χ0) is 41.5.